The third kappa shape index (κ3) is 2.28. The van der Waals surface area contributed by atoms with Crippen molar-refractivity contribution in [2.75, 3.05) is 7.11 Å². The summed E-state index contributed by atoms with van der Waals surface area (Å²) in [6.07, 6.45) is 0.851. The van der Waals surface area contributed by atoms with E-state index in [1.807, 2.05) is 30.3 Å². The zero-order chi connectivity index (χ0) is 9.97. The molecule has 2 aromatic carbocycles. The Labute approximate surface area is 94.3 Å². The lowest BCUT2D eigenvalue weighted by molar-refractivity contribution is 0.112. The summed E-state index contributed by atoms with van der Waals surface area (Å²) in [6, 6.07) is 11.4. The zero-order valence-electron chi connectivity index (χ0n) is 8.27. The number of aldehydes is 1. The molecule has 2 aromatic rings. The van der Waals surface area contributed by atoms with Crippen molar-refractivity contribution in [2.45, 2.75) is 0 Å². The molecule has 0 aliphatic carbocycles. The molecule has 0 heterocycles. The maximum absolute atomic E-state index is 10.5. The van der Waals surface area contributed by atoms with Crippen LogP contribution in [0.2, 0.25) is 0 Å². The van der Waals surface area contributed by atoms with Crippen LogP contribution in [0.1, 0.15) is 10.4 Å². The summed E-state index contributed by atoms with van der Waals surface area (Å²) in [5, 5.41) is 2.13. The Kier molecular flexibility index (Phi) is 3.69. The van der Waals surface area contributed by atoms with Gasteiger partial charge < -0.3 is 4.74 Å². The lowest BCUT2D eigenvalue weighted by Crippen LogP contribution is -1.83. The summed E-state index contributed by atoms with van der Waals surface area (Å²) in [5.41, 5.74) is 0.697. The van der Waals surface area contributed by atoms with Crippen molar-refractivity contribution >= 4 is 29.5 Å². The van der Waals surface area contributed by atoms with Crippen molar-refractivity contribution in [2.24, 2.45) is 0 Å². The predicted octanol–water partition coefficient (Wildman–Crippen LogP) is 3.08. The third-order valence-electron chi connectivity index (χ3n) is 2.21. The van der Waals surface area contributed by atoms with Gasteiger partial charge in [-0.2, -0.15) is 0 Å². The molecule has 0 bridgehead atoms. The molecule has 2 rings (SSSR count). The van der Waals surface area contributed by atoms with Gasteiger partial charge in [-0.3, -0.25) is 4.79 Å². The molecule has 0 aliphatic rings. The minimum absolute atomic E-state index is 0. The minimum atomic E-state index is 0. The van der Waals surface area contributed by atoms with E-state index in [-0.39, 0.29) is 12.4 Å². The van der Waals surface area contributed by atoms with Gasteiger partial charge in [-0.15, -0.1) is 12.4 Å². The number of benzene rings is 2. The lowest BCUT2D eigenvalue weighted by Gasteiger charge is -2.02. The second-order valence-electron chi connectivity index (χ2n) is 3.09. The Hall–Kier alpha value is -1.54. The second-order valence-corrected chi connectivity index (χ2v) is 3.09. The SMILES string of the molecule is COc1ccc2cc(C=O)ccc2c1.Cl. The number of carbonyl (C=O) groups excluding carboxylic acids is 1. The second kappa shape index (κ2) is 4.80. The zero-order valence-corrected chi connectivity index (χ0v) is 9.08. The molecule has 0 unspecified atom stereocenters. The van der Waals surface area contributed by atoms with Gasteiger partial charge in [0, 0.05) is 5.56 Å². The number of carbonyl (C=O) groups is 1. The van der Waals surface area contributed by atoms with Gasteiger partial charge in [0.15, 0.2) is 0 Å². The van der Waals surface area contributed by atoms with Gasteiger partial charge in [-0.05, 0) is 29.0 Å². The van der Waals surface area contributed by atoms with Crippen LogP contribution in [0.5, 0.6) is 5.75 Å². The first kappa shape index (κ1) is 11.5. The van der Waals surface area contributed by atoms with E-state index >= 15 is 0 Å². The summed E-state index contributed by atoms with van der Waals surface area (Å²) in [5.74, 6) is 0.830. The van der Waals surface area contributed by atoms with E-state index in [1.165, 1.54) is 0 Å². The number of ether oxygens (including phenoxy) is 1. The molecular formula is C12H11ClO2. The summed E-state index contributed by atoms with van der Waals surface area (Å²) in [4.78, 5) is 10.5. The Balaban J connectivity index is 0.00000112. The van der Waals surface area contributed by atoms with Crippen LogP contribution in [-0.2, 0) is 0 Å². The monoisotopic (exact) mass is 222 g/mol. The maximum Gasteiger partial charge on any atom is 0.150 e. The van der Waals surface area contributed by atoms with E-state index in [4.69, 9.17) is 4.74 Å². The molecule has 78 valence electrons. The van der Waals surface area contributed by atoms with Crippen LogP contribution in [0.4, 0.5) is 0 Å². The van der Waals surface area contributed by atoms with E-state index < -0.39 is 0 Å². The predicted molar refractivity (Wildman–Crippen MR) is 63.1 cm³/mol. The molecule has 0 atom stereocenters. The highest BCUT2D eigenvalue weighted by molar-refractivity contribution is 5.89. The summed E-state index contributed by atoms with van der Waals surface area (Å²) < 4.78 is 5.11. The summed E-state index contributed by atoms with van der Waals surface area (Å²) in [6.45, 7) is 0. The Morgan fingerprint density at radius 1 is 1.07 bits per heavy atom. The Morgan fingerprint density at radius 2 is 1.73 bits per heavy atom. The molecule has 2 nitrogen and oxygen atoms in total. The molecule has 0 saturated heterocycles. The van der Waals surface area contributed by atoms with Crippen LogP contribution in [0.3, 0.4) is 0 Å². The van der Waals surface area contributed by atoms with Crippen LogP contribution in [0, 0.1) is 0 Å². The first-order chi connectivity index (χ1) is 6.83. The van der Waals surface area contributed by atoms with Crippen molar-refractivity contribution in [3.63, 3.8) is 0 Å². The average molecular weight is 223 g/mol. The highest BCUT2D eigenvalue weighted by Gasteiger charge is 1.97. The van der Waals surface area contributed by atoms with Crippen molar-refractivity contribution in [3.8, 4) is 5.75 Å². The largest absolute Gasteiger partial charge is 0.497 e. The van der Waals surface area contributed by atoms with E-state index in [9.17, 15) is 4.79 Å². The van der Waals surface area contributed by atoms with Crippen molar-refractivity contribution in [1.82, 2.24) is 0 Å². The van der Waals surface area contributed by atoms with E-state index in [1.54, 1.807) is 13.2 Å². The van der Waals surface area contributed by atoms with Gasteiger partial charge in [0.2, 0.25) is 0 Å². The summed E-state index contributed by atoms with van der Waals surface area (Å²) in [7, 11) is 1.64. The van der Waals surface area contributed by atoms with E-state index in [0.29, 0.717) is 5.56 Å². The van der Waals surface area contributed by atoms with E-state index in [0.717, 1.165) is 22.8 Å². The number of hydrogen-bond acceptors (Lipinski definition) is 2. The Bertz CT molecular complexity index is 480. The third-order valence-corrected chi connectivity index (χ3v) is 2.21. The van der Waals surface area contributed by atoms with Crippen molar-refractivity contribution in [3.05, 3.63) is 42.0 Å². The fourth-order valence-corrected chi connectivity index (χ4v) is 1.44. The minimum Gasteiger partial charge on any atom is -0.497 e. The lowest BCUT2D eigenvalue weighted by atomic mass is 10.1. The van der Waals surface area contributed by atoms with E-state index in [2.05, 4.69) is 0 Å². The molecule has 0 fully saturated rings. The molecule has 15 heavy (non-hydrogen) atoms. The van der Waals surface area contributed by atoms with Gasteiger partial charge in [0.1, 0.15) is 12.0 Å². The average Bonchev–Trinajstić information content (AvgIpc) is 2.27. The van der Waals surface area contributed by atoms with Crippen molar-refractivity contribution < 1.29 is 9.53 Å². The van der Waals surface area contributed by atoms with Crippen LogP contribution >= 0.6 is 12.4 Å². The standard InChI is InChI=1S/C12H10O2.ClH/c1-14-12-5-4-10-6-9(8-13)2-3-11(10)7-12;/h2-8H,1H3;1H. The molecular weight excluding hydrogens is 212 g/mol. The van der Waals surface area contributed by atoms with Crippen LogP contribution in [0.25, 0.3) is 10.8 Å². The quantitative estimate of drug-likeness (QED) is 0.730. The molecule has 0 radical (unpaired) electrons. The van der Waals surface area contributed by atoms with Crippen LogP contribution < -0.4 is 4.74 Å². The molecule has 0 aromatic heterocycles. The highest BCUT2D eigenvalue weighted by Crippen LogP contribution is 2.21. The van der Waals surface area contributed by atoms with Gasteiger partial charge in [-0.1, -0.05) is 18.2 Å². The first-order valence-corrected chi connectivity index (χ1v) is 4.36. The number of methoxy groups -OCH3 is 1. The Morgan fingerprint density at radius 3 is 2.40 bits per heavy atom. The molecule has 3 heteroatoms. The number of fused-ring (bicyclic) bond motifs is 1. The van der Waals surface area contributed by atoms with Gasteiger partial charge in [0.05, 0.1) is 7.11 Å². The number of rotatable bonds is 2. The van der Waals surface area contributed by atoms with Crippen LogP contribution in [0.15, 0.2) is 36.4 Å². The summed E-state index contributed by atoms with van der Waals surface area (Å²) >= 11 is 0. The van der Waals surface area contributed by atoms with Crippen molar-refractivity contribution in [1.29, 1.82) is 0 Å². The highest BCUT2D eigenvalue weighted by atomic mass is 35.5. The van der Waals surface area contributed by atoms with Gasteiger partial charge in [-0.25, -0.2) is 0 Å². The first-order valence-electron chi connectivity index (χ1n) is 4.36. The number of hydrogen-bond donors (Lipinski definition) is 0. The fraction of sp³-hybridized carbons (Fsp3) is 0.0833. The smallest absolute Gasteiger partial charge is 0.150 e. The van der Waals surface area contributed by atoms with Gasteiger partial charge >= 0.3 is 0 Å². The van der Waals surface area contributed by atoms with Gasteiger partial charge in [0.25, 0.3) is 0 Å². The fourth-order valence-electron chi connectivity index (χ4n) is 1.44. The topological polar surface area (TPSA) is 26.3 Å². The maximum atomic E-state index is 10.5. The molecule has 0 saturated carbocycles. The van der Waals surface area contributed by atoms with Crippen LogP contribution in [-0.4, -0.2) is 13.4 Å². The molecule has 0 N–H and O–H groups in total. The molecule has 0 amide bonds. The number of halogens is 1. The molecule has 0 aliphatic heterocycles. The normalized spacial score (nSPS) is 9.40. The molecule has 0 spiro atoms.